The van der Waals surface area contributed by atoms with Crippen molar-refractivity contribution in [3.63, 3.8) is 0 Å². The monoisotopic (exact) mass is 918 g/mol. The molecule has 5 aliphatic rings. The minimum Gasteiger partial charge on any atom is -0.463 e. The number of benzene rings is 3. The Morgan fingerprint density at radius 3 is 2.55 bits per heavy atom. The minimum atomic E-state index is -5.22. The number of nitrogens with one attached hydrogen (secondary N) is 1. The van der Waals surface area contributed by atoms with Crippen LogP contribution in [0.5, 0.6) is 6.01 Å². The van der Waals surface area contributed by atoms with Crippen molar-refractivity contribution in [3.8, 4) is 23.2 Å². The van der Waals surface area contributed by atoms with Crippen molar-refractivity contribution in [1.29, 1.82) is 5.26 Å². The lowest BCUT2D eigenvalue weighted by molar-refractivity contribution is -0.137. The van der Waals surface area contributed by atoms with Crippen LogP contribution in [0, 0.1) is 28.4 Å². The van der Waals surface area contributed by atoms with Crippen LogP contribution >= 0.6 is 11.3 Å². The smallest absolute Gasteiger partial charge is 0.417 e. The summed E-state index contributed by atoms with van der Waals surface area (Å²) in [6, 6.07) is 11.7. The van der Waals surface area contributed by atoms with E-state index >= 15 is 22.0 Å². The van der Waals surface area contributed by atoms with E-state index in [4.69, 9.17) is 23.9 Å². The number of carbonyl (C=O) groups excluding carboxylic acids is 3. The molecule has 4 bridgehead atoms. The van der Waals surface area contributed by atoms with Crippen molar-refractivity contribution in [3.05, 3.63) is 76.9 Å². The molecule has 1 N–H and O–H groups in total. The number of alkyl halides is 3. The third-order valence-corrected chi connectivity index (χ3v) is 13.6. The second-order valence-electron chi connectivity index (χ2n) is 18.0. The quantitative estimate of drug-likeness (QED) is 0.0939. The molecular formula is C46H43F5N6O7S. The summed E-state index contributed by atoms with van der Waals surface area (Å²) in [6.45, 7) is 5.30. The van der Waals surface area contributed by atoms with Crippen LogP contribution in [0.3, 0.4) is 0 Å². The molecule has 6 heterocycles. The molecule has 1 unspecified atom stereocenters. The van der Waals surface area contributed by atoms with E-state index in [0.717, 1.165) is 36.6 Å². The number of rotatable bonds is 12. The summed E-state index contributed by atoms with van der Waals surface area (Å²) in [6.07, 6.45) is -3.25. The molecule has 2 amide bonds. The van der Waals surface area contributed by atoms with Gasteiger partial charge in [0.2, 0.25) is 0 Å². The molecule has 13 nitrogen and oxygen atoms in total. The molecule has 5 fully saturated rings. The van der Waals surface area contributed by atoms with Gasteiger partial charge in [0.15, 0.2) is 5.82 Å². The van der Waals surface area contributed by atoms with E-state index in [2.05, 4.69) is 10.3 Å². The first-order chi connectivity index (χ1) is 31.0. The topological polar surface area (TPSA) is 156 Å². The summed E-state index contributed by atoms with van der Waals surface area (Å²) in [7, 11) is 0. The van der Waals surface area contributed by atoms with E-state index in [1.54, 1.807) is 49.9 Å². The number of hydrogen-bond acceptors (Lipinski definition) is 12. The van der Waals surface area contributed by atoms with Gasteiger partial charge in [-0.25, -0.2) is 18.4 Å². The molecule has 2 aromatic heterocycles. The number of carbonyl (C=O) groups is 3. The maximum atomic E-state index is 17.7. The van der Waals surface area contributed by atoms with Gasteiger partial charge < -0.3 is 33.5 Å². The molecule has 3 atom stereocenters. The summed E-state index contributed by atoms with van der Waals surface area (Å²) >= 11 is 0.591. The Bertz CT molecular complexity index is 2750. The van der Waals surface area contributed by atoms with Gasteiger partial charge in [0.25, 0.3) is 0 Å². The lowest BCUT2D eigenvalue weighted by Gasteiger charge is -2.35. The molecule has 1 saturated carbocycles. The molecule has 0 spiro atoms. The molecule has 4 aliphatic heterocycles. The van der Waals surface area contributed by atoms with Gasteiger partial charge in [-0.3, -0.25) is 5.32 Å². The number of nitriles is 1. The van der Waals surface area contributed by atoms with Gasteiger partial charge in [0.1, 0.15) is 46.7 Å². The third kappa shape index (κ3) is 8.26. The van der Waals surface area contributed by atoms with Crippen molar-refractivity contribution in [1.82, 2.24) is 14.9 Å². The van der Waals surface area contributed by atoms with Gasteiger partial charge >= 0.3 is 24.4 Å². The van der Waals surface area contributed by atoms with E-state index < -0.39 is 75.5 Å². The first-order valence-corrected chi connectivity index (χ1v) is 22.0. The van der Waals surface area contributed by atoms with Crippen molar-refractivity contribution in [2.45, 2.75) is 102 Å². The Morgan fingerprint density at radius 1 is 1.11 bits per heavy atom. The lowest BCUT2D eigenvalue weighted by atomic mass is 9.71. The number of hydrogen-bond donors (Lipinski definition) is 1. The summed E-state index contributed by atoms with van der Waals surface area (Å²) in [5, 5.41) is 11.9. The van der Waals surface area contributed by atoms with E-state index in [0.29, 0.717) is 43.5 Å². The molecule has 10 rings (SSSR count). The maximum Gasteiger partial charge on any atom is 0.417 e. The highest BCUT2D eigenvalue weighted by atomic mass is 32.1. The summed E-state index contributed by atoms with van der Waals surface area (Å²) in [5.74, 6) is -2.40. The van der Waals surface area contributed by atoms with Crippen molar-refractivity contribution in [2.75, 3.05) is 30.0 Å². The van der Waals surface area contributed by atoms with Crippen LogP contribution in [-0.4, -0.2) is 82.9 Å². The summed E-state index contributed by atoms with van der Waals surface area (Å²) < 4.78 is 103. The number of thiophene rings is 1. The second-order valence-corrected chi connectivity index (χ2v) is 19.0. The number of anilines is 2. The summed E-state index contributed by atoms with van der Waals surface area (Å²) in [4.78, 5) is 50.5. The van der Waals surface area contributed by atoms with Crippen LogP contribution in [-0.2, 0) is 31.8 Å². The molecule has 0 radical (unpaired) electrons. The van der Waals surface area contributed by atoms with Crippen LogP contribution < -0.4 is 15.0 Å². The van der Waals surface area contributed by atoms with Gasteiger partial charge in [-0.2, -0.15) is 28.4 Å². The van der Waals surface area contributed by atoms with Crippen molar-refractivity contribution >= 4 is 61.6 Å². The maximum absolute atomic E-state index is 17.7. The Labute approximate surface area is 373 Å². The van der Waals surface area contributed by atoms with Crippen LogP contribution in [0.4, 0.5) is 42.4 Å². The van der Waals surface area contributed by atoms with Crippen molar-refractivity contribution < 1.29 is 55.3 Å². The standard InChI is InChI=1S/C46H43F5N6O7S/c1-44(2,3)64-42(59)55-40-29(20-52)34-27(11-12-31(47)38(34)65-40)35-30(46(49,50)51)17-28-37(36(35)48)53-41(63-23-45-18-26(19-45)62-22-45)54-39(28)57-25-10-13-32(57)33(16-25)56(14-7-15-58)43(60)61-21-24-8-5-4-6-9-24/h4-6,8-9,11-12,15,17,25-26,32-33H,7,10,13-14,16,18-19,21-23H2,1-3H3,(H,55,59)/t25-,26?,32+,33?,45?/m1/s1. The molecular weight excluding hydrogens is 876 g/mol. The fourth-order valence-electron chi connectivity index (χ4n) is 9.73. The molecule has 1 aliphatic carbocycles. The minimum absolute atomic E-state index is 0.00482. The molecule has 19 heteroatoms. The average molecular weight is 919 g/mol. The molecule has 65 heavy (non-hydrogen) atoms. The number of amides is 2. The third-order valence-electron chi connectivity index (χ3n) is 12.5. The Kier molecular flexibility index (Phi) is 11.3. The van der Waals surface area contributed by atoms with E-state index in [-0.39, 0.29) is 76.0 Å². The zero-order chi connectivity index (χ0) is 46.0. The highest BCUT2D eigenvalue weighted by Crippen LogP contribution is 2.52. The van der Waals surface area contributed by atoms with Crippen LogP contribution in [0.15, 0.2) is 48.5 Å². The zero-order valence-electron chi connectivity index (χ0n) is 35.5. The van der Waals surface area contributed by atoms with Crippen LogP contribution in [0.1, 0.15) is 76.0 Å². The van der Waals surface area contributed by atoms with Crippen LogP contribution in [0.2, 0.25) is 0 Å². The van der Waals surface area contributed by atoms with Crippen molar-refractivity contribution in [2.24, 2.45) is 5.41 Å². The van der Waals surface area contributed by atoms with E-state index in [1.807, 2.05) is 12.1 Å². The van der Waals surface area contributed by atoms with Crippen LogP contribution in [0.25, 0.3) is 32.1 Å². The highest BCUT2D eigenvalue weighted by molar-refractivity contribution is 7.23. The Hall–Kier alpha value is -6.13. The first-order valence-electron chi connectivity index (χ1n) is 21.2. The van der Waals surface area contributed by atoms with E-state index in [1.165, 1.54) is 4.90 Å². The first kappa shape index (κ1) is 44.1. The van der Waals surface area contributed by atoms with Gasteiger partial charge in [0, 0.05) is 40.8 Å². The second kappa shape index (κ2) is 16.7. The predicted octanol–water partition coefficient (Wildman–Crippen LogP) is 9.92. The number of fused-ring (bicyclic) bond motifs is 5. The predicted molar refractivity (Wildman–Crippen MR) is 228 cm³/mol. The number of nitrogens with zero attached hydrogens (tertiary/aromatic N) is 5. The highest BCUT2D eigenvalue weighted by Gasteiger charge is 2.53. The zero-order valence-corrected chi connectivity index (χ0v) is 36.3. The fourth-order valence-corrected chi connectivity index (χ4v) is 10.8. The lowest BCUT2D eigenvalue weighted by Crippen LogP contribution is -2.48. The Balaban J connectivity index is 1.18. The largest absolute Gasteiger partial charge is 0.463 e. The molecule has 4 saturated heterocycles. The summed E-state index contributed by atoms with van der Waals surface area (Å²) in [5.41, 5.74) is -4.40. The molecule has 5 aromatic rings. The SMILES string of the molecule is CC(C)(C)OC(=O)Nc1sc2c(F)ccc(-c3c(C(F)(F)F)cc4c(N5[C@@H]6CC[C@H]5C(N(CCC=O)C(=O)OCc5ccccc5)C6)nc(OCC56COC(C5)C6)nc4c3F)c2c1C#N. The molecule has 3 aromatic carbocycles. The van der Waals surface area contributed by atoms with Gasteiger partial charge in [-0.15, -0.1) is 11.3 Å². The van der Waals surface area contributed by atoms with Gasteiger partial charge in [-0.05, 0) is 76.1 Å². The van der Waals surface area contributed by atoms with Gasteiger partial charge in [-0.1, -0.05) is 36.4 Å². The average Bonchev–Trinajstić information content (AvgIpc) is 4.09. The Morgan fingerprint density at radius 2 is 1.88 bits per heavy atom. The molecule has 340 valence electrons. The number of halogens is 5. The fraction of sp³-hybridized carbons (Fsp3) is 0.435. The number of ether oxygens (including phenoxy) is 4. The van der Waals surface area contributed by atoms with E-state index in [9.17, 15) is 19.6 Å². The number of aldehydes is 1. The number of aromatic nitrogens is 2. The normalized spacial score (nSPS) is 22.2. The van der Waals surface area contributed by atoms with Gasteiger partial charge in [0.05, 0.1) is 47.2 Å².